The van der Waals surface area contributed by atoms with Crippen molar-refractivity contribution in [3.8, 4) is 0 Å². The van der Waals surface area contributed by atoms with Crippen molar-refractivity contribution in [2.75, 3.05) is 25.1 Å². The molecule has 0 aromatic rings. The van der Waals surface area contributed by atoms with Crippen LogP contribution in [0.2, 0.25) is 0 Å². The summed E-state index contributed by atoms with van der Waals surface area (Å²) in [4.78, 5) is 10.9. The first-order valence-electron chi connectivity index (χ1n) is 5.22. The fourth-order valence-electron chi connectivity index (χ4n) is 1.06. The highest BCUT2D eigenvalue weighted by Gasteiger charge is 2.02. The van der Waals surface area contributed by atoms with Crippen LogP contribution in [-0.4, -0.2) is 37.0 Å². The summed E-state index contributed by atoms with van der Waals surface area (Å²) >= 11 is 1.96. The highest BCUT2D eigenvalue weighted by molar-refractivity contribution is 7.99. The molecule has 0 heterocycles. The number of hydrogen-bond donors (Lipinski definition) is 2. The van der Waals surface area contributed by atoms with Gasteiger partial charge in [-0.25, -0.2) is 0 Å². The molecule has 0 aliphatic rings. The second kappa shape index (κ2) is 9.34. The van der Waals surface area contributed by atoms with E-state index in [1.54, 1.807) is 7.05 Å². The van der Waals surface area contributed by atoms with Crippen LogP contribution in [-0.2, 0) is 4.79 Å². The highest BCUT2D eigenvalue weighted by atomic mass is 32.2. The molecule has 0 saturated heterocycles. The predicted molar refractivity (Wildman–Crippen MR) is 63.8 cm³/mol. The zero-order valence-electron chi connectivity index (χ0n) is 9.43. The van der Waals surface area contributed by atoms with E-state index in [-0.39, 0.29) is 5.91 Å². The fraction of sp³-hybridized carbons (Fsp3) is 0.900. The zero-order valence-corrected chi connectivity index (χ0v) is 10.2. The van der Waals surface area contributed by atoms with Crippen molar-refractivity contribution in [3.63, 3.8) is 0 Å². The minimum Gasteiger partial charge on any atom is -0.359 e. The second-order valence-corrected chi connectivity index (χ2v) is 4.66. The van der Waals surface area contributed by atoms with Crippen molar-refractivity contribution >= 4 is 17.7 Å². The molecule has 3 nitrogen and oxygen atoms in total. The van der Waals surface area contributed by atoms with E-state index in [0.717, 1.165) is 6.54 Å². The Balaban J connectivity index is 3.26. The quantitative estimate of drug-likeness (QED) is 0.602. The van der Waals surface area contributed by atoms with Gasteiger partial charge in [0.15, 0.2) is 0 Å². The fourth-order valence-corrected chi connectivity index (χ4v) is 1.87. The van der Waals surface area contributed by atoms with Gasteiger partial charge in [0.25, 0.3) is 0 Å². The van der Waals surface area contributed by atoms with E-state index in [0.29, 0.717) is 12.5 Å². The zero-order chi connectivity index (χ0) is 10.8. The molecule has 0 radical (unpaired) electrons. The topological polar surface area (TPSA) is 41.1 Å². The van der Waals surface area contributed by atoms with Crippen LogP contribution in [0.15, 0.2) is 0 Å². The first kappa shape index (κ1) is 13.8. The molecule has 1 atom stereocenters. The summed E-state index contributed by atoms with van der Waals surface area (Å²) in [6.07, 6.45) is 1.74. The molecule has 1 amide bonds. The van der Waals surface area contributed by atoms with Crippen molar-refractivity contribution in [1.82, 2.24) is 10.6 Å². The predicted octanol–water partition coefficient (Wildman–Crippen LogP) is 1.24. The van der Waals surface area contributed by atoms with Gasteiger partial charge in [-0.1, -0.05) is 6.92 Å². The number of rotatable bonds is 8. The molecule has 0 fully saturated rings. The molecule has 84 valence electrons. The summed E-state index contributed by atoms with van der Waals surface area (Å²) in [5.74, 6) is 2.49. The SMILES string of the molecule is CCSCCC(C)NCCC(=O)NC. The van der Waals surface area contributed by atoms with Crippen molar-refractivity contribution in [3.05, 3.63) is 0 Å². The smallest absolute Gasteiger partial charge is 0.221 e. The molecule has 0 saturated carbocycles. The molecule has 0 aromatic carbocycles. The number of thioether (sulfide) groups is 1. The Kier molecular flexibility index (Phi) is 9.19. The van der Waals surface area contributed by atoms with Crippen molar-refractivity contribution in [1.29, 1.82) is 0 Å². The minimum absolute atomic E-state index is 0.104. The van der Waals surface area contributed by atoms with Gasteiger partial charge in [0.2, 0.25) is 5.91 Å². The third-order valence-corrected chi connectivity index (χ3v) is 2.96. The van der Waals surface area contributed by atoms with Crippen LogP contribution in [0.5, 0.6) is 0 Å². The number of amides is 1. The summed E-state index contributed by atoms with van der Waals surface area (Å²) in [6.45, 7) is 5.12. The van der Waals surface area contributed by atoms with Gasteiger partial charge in [-0.15, -0.1) is 0 Å². The number of hydrogen-bond acceptors (Lipinski definition) is 3. The highest BCUT2D eigenvalue weighted by Crippen LogP contribution is 2.03. The van der Waals surface area contributed by atoms with Crippen LogP contribution in [0.1, 0.15) is 26.7 Å². The molecule has 0 rings (SSSR count). The summed E-state index contributed by atoms with van der Waals surface area (Å²) in [5, 5.41) is 5.94. The third kappa shape index (κ3) is 8.38. The normalized spacial score (nSPS) is 12.5. The van der Waals surface area contributed by atoms with Crippen LogP contribution in [0, 0.1) is 0 Å². The summed E-state index contributed by atoms with van der Waals surface area (Å²) in [7, 11) is 1.67. The van der Waals surface area contributed by atoms with Crippen molar-refractivity contribution in [2.45, 2.75) is 32.7 Å². The molecule has 14 heavy (non-hydrogen) atoms. The lowest BCUT2D eigenvalue weighted by atomic mass is 10.2. The molecule has 2 N–H and O–H groups in total. The Bertz CT molecular complexity index is 153. The van der Waals surface area contributed by atoms with Gasteiger partial charge in [0.05, 0.1) is 0 Å². The third-order valence-electron chi connectivity index (χ3n) is 2.02. The van der Waals surface area contributed by atoms with E-state index in [1.807, 2.05) is 11.8 Å². The summed E-state index contributed by atoms with van der Waals surface area (Å²) < 4.78 is 0. The van der Waals surface area contributed by atoms with E-state index in [4.69, 9.17) is 0 Å². The van der Waals surface area contributed by atoms with Crippen LogP contribution in [0.3, 0.4) is 0 Å². The minimum atomic E-state index is 0.104. The van der Waals surface area contributed by atoms with Gasteiger partial charge < -0.3 is 10.6 Å². The van der Waals surface area contributed by atoms with Crippen LogP contribution < -0.4 is 10.6 Å². The van der Waals surface area contributed by atoms with E-state index >= 15 is 0 Å². The van der Waals surface area contributed by atoms with Gasteiger partial charge in [0.1, 0.15) is 0 Å². The molecule has 0 aromatic heterocycles. The molecule has 0 spiro atoms. The monoisotopic (exact) mass is 218 g/mol. The Morgan fingerprint density at radius 1 is 1.50 bits per heavy atom. The molecular weight excluding hydrogens is 196 g/mol. The lowest BCUT2D eigenvalue weighted by molar-refractivity contribution is -0.120. The average Bonchev–Trinajstić information content (AvgIpc) is 2.18. The number of nitrogens with one attached hydrogen (secondary N) is 2. The number of carbonyl (C=O) groups excluding carboxylic acids is 1. The maximum atomic E-state index is 10.9. The van der Waals surface area contributed by atoms with Crippen LogP contribution in [0.25, 0.3) is 0 Å². The molecule has 4 heteroatoms. The van der Waals surface area contributed by atoms with Gasteiger partial charge >= 0.3 is 0 Å². The number of carbonyl (C=O) groups is 1. The first-order chi connectivity index (χ1) is 6.70. The van der Waals surface area contributed by atoms with E-state index in [9.17, 15) is 4.79 Å². The Hall–Kier alpha value is -0.220. The molecule has 1 unspecified atom stereocenters. The Morgan fingerprint density at radius 2 is 2.21 bits per heavy atom. The Labute approximate surface area is 91.4 Å². The largest absolute Gasteiger partial charge is 0.359 e. The maximum absolute atomic E-state index is 10.9. The lowest BCUT2D eigenvalue weighted by Crippen LogP contribution is -2.31. The summed E-state index contributed by atoms with van der Waals surface area (Å²) in [5.41, 5.74) is 0. The molecule has 0 aliphatic carbocycles. The van der Waals surface area contributed by atoms with E-state index in [1.165, 1.54) is 17.9 Å². The molecular formula is C10H22N2OS. The van der Waals surface area contributed by atoms with Crippen molar-refractivity contribution < 1.29 is 4.79 Å². The van der Waals surface area contributed by atoms with Gasteiger partial charge in [-0.2, -0.15) is 11.8 Å². The average molecular weight is 218 g/mol. The van der Waals surface area contributed by atoms with Gasteiger partial charge in [-0.05, 0) is 24.9 Å². The molecule has 0 aliphatic heterocycles. The molecule has 0 bridgehead atoms. The van der Waals surface area contributed by atoms with E-state index in [2.05, 4.69) is 24.5 Å². The second-order valence-electron chi connectivity index (χ2n) is 3.26. The van der Waals surface area contributed by atoms with Gasteiger partial charge in [0, 0.05) is 26.1 Å². The lowest BCUT2D eigenvalue weighted by Gasteiger charge is -2.12. The maximum Gasteiger partial charge on any atom is 0.221 e. The summed E-state index contributed by atoms with van der Waals surface area (Å²) in [6, 6.07) is 0.513. The first-order valence-corrected chi connectivity index (χ1v) is 6.37. The van der Waals surface area contributed by atoms with Crippen molar-refractivity contribution in [2.24, 2.45) is 0 Å². The standard InChI is InChI=1S/C10H22N2OS/c1-4-14-8-6-9(2)12-7-5-10(13)11-3/h9,12H,4-8H2,1-3H3,(H,11,13). The van der Waals surface area contributed by atoms with Crippen LogP contribution >= 0.6 is 11.8 Å². The van der Waals surface area contributed by atoms with Crippen LogP contribution in [0.4, 0.5) is 0 Å². The van der Waals surface area contributed by atoms with E-state index < -0.39 is 0 Å². The van der Waals surface area contributed by atoms with Gasteiger partial charge in [-0.3, -0.25) is 4.79 Å². The Morgan fingerprint density at radius 3 is 2.79 bits per heavy atom.